The summed E-state index contributed by atoms with van der Waals surface area (Å²) >= 11 is 1.91. The standard InChI is InChI=1S/C15H18S/c1-5-10(2)9-14-12(4)16-15-11(3)7-6-8-13(14)15/h6-9H,5H2,1-4H3/b10-9-. The summed E-state index contributed by atoms with van der Waals surface area (Å²) < 4.78 is 1.44. The van der Waals surface area contributed by atoms with Gasteiger partial charge in [-0.2, -0.15) is 0 Å². The van der Waals surface area contributed by atoms with E-state index in [9.17, 15) is 0 Å². The topological polar surface area (TPSA) is 0 Å². The molecule has 0 nitrogen and oxygen atoms in total. The second-order valence-electron chi connectivity index (χ2n) is 4.37. The summed E-state index contributed by atoms with van der Waals surface area (Å²) in [5.74, 6) is 0. The van der Waals surface area contributed by atoms with E-state index in [-0.39, 0.29) is 0 Å². The normalized spacial score (nSPS) is 12.4. The van der Waals surface area contributed by atoms with Crippen molar-refractivity contribution in [1.82, 2.24) is 0 Å². The number of hydrogen-bond donors (Lipinski definition) is 0. The van der Waals surface area contributed by atoms with E-state index < -0.39 is 0 Å². The van der Waals surface area contributed by atoms with Crippen LogP contribution in [0.2, 0.25) is 0 Å². The first-order chi connectivity index (χ1) is 7.63. The molecule has 16 heavy (non-hydrogen) atoms. The molecular weight excluding hydrogens is 212 g/mol. The lowest BCUT2D eigenvalue weighted by atomic mass is 10.1. The molecule has 0 atom stereocenters. The second-order valence-corrected chi connectivity index (χ2v) is 5.59. The Kier molecular flexibility index (Phi) is 3.15. The molecule has 1 heteroatoms. The van der Waals surface area contributed by atoms with Crippen molar-refractivity contribution in [2.24, 2.45) is 0 Å². The zero-order chi connectivity index (χ0) is 11.7. The molecule has 0 saturated carbocycles. The summed E-state index contributed by atoms with van der Waals surface area (Å²) in [6.07, 6.45) is 3.47. The van der Waals surface area contributed by atoms with Gasteiger partial charge in [-0.1, -0.05) is 36.8 Å². The first kappa shape index (κ1) is 11.4. The van der Waals surface area contributed by atoms with Crippen molar-refractivity contribution >= 4 is 27.5 Å². The summed E-state index contributed by atoms with van der Waals surface area (Å²) in [5, 5.41) is 1.41. The third kappa shape index (κ3) is 1.92. The minimum Gasteiger partial charge on any atom is -0.140 e. The van der Waals surface area contributed by atoms with E-state index in [0.29, 0.717) is 0 Å². The SMILES string of the molecule is CC/C(C)=C\c1c(C)sc2c(C)cccc12. The third-order valence-corrected chi connectivity index (χ3v) is 4.36. The molecule has 1 aromatic heterocycles. The molecule has 0 fully saturated rings. The zero-order valence-electron chi connectivity index (χ0n) is 10.4. The van der Waals surface area contributed by atoms with E-state index in [4.69, 9.17) is 0 Å². The van der Waals surface area contributed by atoms with E-state index in [0.717, 1.165) is 6.42 Å². The highest BCUT2D eigenvalue weighted by Crippen LogP contribution is 2.34. The highest BCUT2D eigenvalue weighted by molar-refractivity contribution is 7.19. The summed E-state index contributed by atoms with van der Waals surface area (Å²) in [6.45, 7) is 8.83. The summed E-state index contributed by atoms with van der Waals surface area (Å²) in [6, 6.07) is 6.58. The maximum Gasteiger partial charge on any atom is 0.0380 e. The smallest absolute Gasteiger partial charge is 0.0380 e. The Balaban J connectivity index is 2.70. The largest absolute Gasteiger partial charge is 0.140 e. The van der Waals surface area contributed by atoms with Gasteiger partial charge in [0.25, 0.3) is 0 Å². The predicted molar refractivity (Wildman–Crippen MR) is 75.2 cm³/mol. The van der Waals surface area contributed by atoms with Gasteiger partial charge in [0.2, 0.25) is 0 Å². The molecule has 0 spiro atoms. The molecule has 0 saturated heterocycles. The third-order valence-electron chi connectivity index (χ3n) is 3.08. The van der Waals surface area contributed by atoms with Gasteiger partial charge in [-0.3, -0.25) is 0 Å². The van der Waals surface area contributed by atoms with Crippen LogP contribution in [0.25, 0.3) is 16.2 Å². The Morgan fingerprint density at radius 3 is 2.75 bits per heavy atom. The van der Waals surface area contributed by atoms with Crippen LogP contribution in [0.4, 0.5) is 0 Å². The van der Waals surface area contributed by atoms with Crippen molar-refractivity contribution in [1.29, 1.82) is 0 Å². The van der Waals surface area contributed by atoms with Crippen molar-refractivity contribution in [3.8, 4) is 0 Å². The van der Waals surface area contributed by atoms with E-state index in [1.54, 1.807) is 0 Å². The summed E-state index contributed by atoms with van der Waals surface area (Å²) in [5.41, 5.74) is 4.26. The van der Waals surface area contributed by atoms with Crippen molar-refractivity contribution in [2.75, 3.05) is 0 Å². The molecule has 84 valence electrons. The van der Waals surface area contributed by atoms with E-state index >= 15 is 0 Å². The van der Waals surface area contributed by atoms with Gasteiger partial charge in [-0.05, 0) is 38.3 Å². The molecule has 2 aromatic rings. The molecule has 0 aliphatic rings. The molecule has 0 N–H and O–H groups in total. The minimum absolute atomic E-state index is 1.13. The molecule has 0 aliphatic heterocycles. The predicted octanol–water partition coefficient (Wildman–Crippen LogP) is 5.33. The summed E-state index contributed by atoms with van der Waals surface area (Å²) in [7, 11) is 0. The van der Waals surface area contributed by atoms with Crippen LogP contribution in [-0.4, -0.2) is 0 Å². The lowest BCUT2D eigenvalue weighted by Gasteiger charge is -1.98. The Labute approximate surface area is 102 Å². The fourth-order valence-corrected chi connectivity index (χ4v) is 3.03. The Hall–Kier alpha value is -1.08. The molecule has 2 rings (SSSR count). The molecule has 0 amide bonds. The van der Waals surface area contributed by atoms with Gasteiger partial charge < -0.3 is 0 Å². The number of benzene rings is 1. The van der Waals surface area contributed by atoms with Gasteiger partial charge in [0, 0.05) is 15.0 Å². The molecule has 0 bridgehead atoms. The molecular formula is C15H18S. The van der Waals surface area contributed by atoms with Gasteiger partial charge in [0.1, 0.15) is 0 Å². The van der Waals surface area contributed by atoms with E-state index in [2.05, 4.69) is 52.0 Å². The fraction of sp³-hybridized carbons (Fsp3) is 0.333. The van der Waals surface area contributed by atoms with Crippen LogP contribution < -0.4 is 0 Å². The zero-order valence-corrected chi connectivity index (χ0v) is 11.2. The van der Waals surface area contributed by atoms with Crippen molar-refractivity contribution in [3.63, 3.8) is 0 Å². The molecule has 0 aliphatic carbocycles. The Morgan fingerprint density at radius 1 is 1.31 bits per heavy atom. The Morgan fingerprint density at radius 2 is 2.06 bits per heavy atom. The number of hydrogen-bond acceptors (Lipinski definition) is 1. The first-order valence-electron chi connectivity index (χ1n) is 5.79. The van der Waals surface area contributed by atoms with Crippen LogP contribution >= 0.6 is 11.3 Å². The van der Waals surface area contributed by atoms with Crippen LogP contribution in [0, 0.1) is 13.8 Å². The number of rotatable bonds is 2. The average Bonchev–Trinajstić information content (AvgIpc) is 2.58. The van der Waals surface area contributed by atoms with Crippen LogP contribution in [0.15, 0.2) is 23.8 Å². The number of allylic oxidation sites excluding steroid dienone is 1. The fourth-order valence-electron chi connectivity index (χ4n) is 1.93. The van der Waals surface area contributed by atoms with Gasteiger partial charge in [0.05, 0.1) is 0 Å². The summed E-state index contributed by atoms with van der Waals surface area (Å²) in [4.78, 5) is 1.43. The lowest BCUT2D eigenvalue weighted by molar-refractivity contribution is 1.11. The Bertz CT molecular complexity index is 544. The van der Waals surface area contributed by atoms with Crippen LogP contribution in [0.1, 0.15) is 36.3 Å². The lowest BCUT2D eigenvalue weighted by Crippen LogP contribution is -1.77. The highest BCUT2D eigenvalue weighted by atomic mass is 32.1. The van der Waals surface area contributed by atoms with Gasteiger partial charge in [-0.15, -0.1) is 11.3 Å². The van der Waals surface area contributed by atoms with E-state index in [1.165, 1.54) is 31.7 Å². The second kappa shape index (κ2) is 4.42. The van der Waals surface area contributed by atoms with Crippen LogP contribution in [0.5, 0.6) is 0 Å². The minimum atomic E-state index is 1.13. The molecule has 0 radical (unpaired) electrons. The van der Waals surface area contributed by atoms with Crippen molar-refractivity contribution in [2.45, 2.75) is 34.1 Å². The molecule has 0 unspecified atom stereocenters. The van der Waals surface area contributed by atoms with Crippen molar-refractivity contribution < 1.29 is 0 Å². The van der Waals surface area contributed by atoms with E-state index in [1.807, 2.05) is 11.3 Å². The number of aryl methyl sites for hydroxylation is 2. The van der Waals surface area contributed by atoms with Crippen LogP contribution in [0.3, 0.4) is 0 Å². The number of fused-ring (bicyclic) bond motifs is 1. The maximum atomic E-state index is 2.34. The van der Waals surface area contributed by atoms with Gasteiger partial charge >= 0.3 is 0 Å². The van der Waals surface area contributed by atoms with Gasteiger partial charge in [-0.25, -0.2) is 0 Å². The average molecular weight is 230 g/mol. The maximum absolute atomic E-state index is 2.34. The van der Waals surface area contributed by atoms with Crippen LogP contribution in [-0.2, 0) is 0 Å². The molecule has 1 aromatic carbocycles. The first-order valence-corrected chi connectivity index (χ1v) is 6.61. The van der Waals surface area contributed by atoms with Crippen molar-refractivity contribution in [3.05, 3.63) is 39.8 Å². The highest BCUT2D eigenvalue weighted by Gasteiger charge is 2.08. The quantitative estimate of drug-likeness (QED) is 0.654. The van der Waals surface area contributed by atoms with Gasteiger partial charge in [0.15, 0.2) is 0 Å². The number of thiophene rings is 1. The monoisotopic (exact) mass is 230 g/mol. The molecule has 1 heterocycles.